The number of oxime groups is 1. The average Bonchev–Trinajstić information content (AvgIpc) is 3.58. The lowest BCUT2D eigenvalue weighted by Gasteiger charge is -2.49. The van der Waals surface area contributed by atoms with Crippen molar-refractivity contribution in [2.75, 3.05) is 25.7 Å². The number of nitrogens with zero attached hydrogens (tertiary/aromatic N) is 8. The molecule has 4 N–H and O–H groups in total. The highest BCUT2D eigenvalue weighted by Gasteiger charge is 2.54. The van der Waals surface area contributed by atoms with Crippen molar-refractivity contribution >= 4 is 70.0 Å². The van der Waals surface area contributed by atoms with E-state index in [2.05, 4.69) is 31.1 Å². The summed E-state index contributed by atoms with van der Waals surface area (Å²) in [6.45, 7) is 0. The summed E-state index contributed by atoms with van der Waals surface area (Å²) in [5.74, 6) is -3.43. The van der Waals surface area contributed by atoms with E-state index in [0.717, 1.165) is 37.4 Å². The lowest BCUT2D eigenvalue weighted by Crippen LogP contribution is -2.71. The van der Waals surface area contributed by atoms with Gasteiger partial charge in [-0.2, -0.15) is 4.73 Å². The van der Waals surface area contributed by atoms with Crippen molar-refractivity contribution in [3.8, 4) is 0 Å². The minimum Gasteiger partial charge on any atom is -0.481 e. The van der Waals surface area contributed by atoms with E-state index in [1.165, 1.54) is 37.4 Å². The smallest absolute Gasteiger partial charge is 0.352 e. The maximum Gasteiger partial charge on any atom is 0.352 e. The van der Waals surface area contributed by atoms with Crippen LogP contribution in [0.1, 0.15) is 11.3 Å². The highest BCUT2D eigenvalue weighted by molar-refractivity contribution is 8.01. The number of thioether (sulfide) groups is 2. The SMILES string of the molecule is CON=C(C(=O)N[C@@H]1C(=O)N2C(C(=O)O)=C(CSc3cc(CC(=O)O)c4nnnn4n3)CS[C@@H]12)c1csc(=N)n1OC. The Balaban J connectivity index is 1.33. The molecule has 0 aromatic carbocycles. The predicted octanol–water partition coefficient (Wildman–Crippen LogP) is -1.57. The largest absolute Gasteiger partial charge is 0.481 e. The molecule has 220 valence electrons. The summed E-state index contributed by atoms with van der Waals surface area (Å²) in [6, 6.07) is 0.481. The van der Waals surface area contributed by atoms with Gasteiger partial charge < -0.3 is 25.2 Å². The summed E-state index contributed by atoms with van der Waals surface area (Å²) < 4.78 is 2.17. The van der Waals surface area contributed by atoms with Crippen molar-refractivity contribution in [1.82, 2.24) is 40.2 Å². The fraction of sp³-hybridized carbons (Fsp3) is 0.333. The van der Waals surface area contributed by atoms with Crippen LogP contribution in [-0.4, -0.2) is 112 Å². The van der Waals surface area contributed by atoms with E-state index in [1.54, 1.807) is 0 Å². The molecule has 3 aromatic heterocycles. The molecule has 1 saturated heterocycles. The van der Waals surface area contributed by atoms with Gasteiger partial charge in [0.2, 0.25) is 10.4 Å². The first-order valence-electron chi connectivity index (χ1n) is 11.7. The van der Waals surface area contributed by atoms with Crippen molar-refractivity contribution < 1.29 is 39.1 Å². The Morgan fingerprint density at radius 1 is 1.31 bits per heavy atom. The minimum absolute atomic E-state index is 0.00865. The second kappa shape index (κ2) is 11.8. The molecular weight excluding hydrogens is 616 g/mol. The summed E-state index contributed by atoms with van der Waals surface area (Å²) in [5.41, 5.74) is 0.668. The van der Waals surface area contributed by atoms with Gasteiger partial charge in [0.25, 0.3) is 11.8 Å². The Kier molecular flexibility index (Phi) is 8.13. The zero-order valence-electron chi connectivity index (χ0n) is 21.6. The number of carboxylic acids is 2. The Morgan fingerprint density at radius 3 is 2.79 bits per heavy atom. The van der Waals surface area contributed by atoms with Crippen LogP contribution in [0.5, 0.6) is 0 Å². The summed E-state index contributed by atoms with van der Waals surface area (Å²) >= 11 is 3.40. The number of hydrogen-bond donors (Lipinski definition) is 4. The number of amides is 2. The number of aromatic nitrogens is 6. The van der Waals surface area contributed by atoms with Gasteiger partial charge in [0.05, 0.1) is 6.42 Å². The van der Waals surface area contributed by atoms with Crippen molar-refractivity contribution in [1.29, 1.82) is 5.41 Å². The van der Waals surface area contributed by atoms with E-state index < -0.39 is 35.2 Å². The molecule has 2 amide bonds. The number of carbonyl (C=O) groups excluding carboxylic acids is 2. The van der Waals surface area contributed by atoms with Gasteiger partial charge in [-0.3, -0.25) is 24.7 Å². The van der Waals surface area contributed by atoms with Crippen LogP contribution in [0.4, 0.5) is 0 Å². The van der Waals surface area contributed by atoms with Crippen LogP contribution >= 0.6 is 34.9 Å². The number of tetrazole rings is 1. The van der Waals surface area contributed by atoms with Gasteiger partial charge in [0.15, 0.2) is 5.71 Å². The Bertz CT molecular complexity index is 1730. The molecule has 42 heavy (non-hydrogen) atoms. The van der Waals surface area contributed by atoms with Crippen LogP contribution in [0, 0.1) is 5.41 Å². The van der Waals surface area contributed by atoms with Crippen LogP contribution in [0.25, 0.3) is 5.65 Å². The third-order valence-electron chi connectivity index (χ3n) is 6.01. The number of nitrogens with one attached hydrogen (secondary N) is 2. The van der Waals surface area contributed by atoms with Crippen LogP contribution < -0.4 is 15.0 Å². The Hall–Kier alpha value is -4.50. The number of carbonyl (C=O) groups is 4. The van der Waals surface area contributed by atoms with Crippen molar-refractivity contribution in [3.63, 3.8) is 0 Å². The van der Waals surface area contributed by atoms with Gasteiger partial charge in [-0.15, -0.1) is 49.7 Å². The third kappa shape index (κ3) is 5.27. The lowest BCUT2D eigenvalue weighted by atomic mass is 10.0. The first kappa shape index (κ1) is 29.0. The van der Waals surface area contributed by atoms with Crippen LogP contribution in [0.2, 0.25) is 0 Å². The fourth-order valence-corrected chi connectivity index (χ4v) is 7.35. The van der Waals surface area contributed by atoms with Gasteiger partial charge >= 0.3 is 11.9 Å². The van der Waals surface area contributed by atoms with E-state index in [0.29, 0.717) is 16.2 Å². The van der Waals surface area contributed by atoms with E-state index in [1.807, 2.05) is 0 Å². The summed E-state index contributed by atoms with van der Waals surface area (Å²) in [5, 5.41) is 49.8. The number of hydrogen-bond acceptors (Lipinski definition) is 15. The maximum absolute atomic E-state index is 13.1. The van der Waals surface area contributed by atoms with Crippen molar-refractivity contribution in [2.45, 2.75) is 22.9 Å². The molecule has 21 heteroatoms. The molecule has 1 fully saturated rings. The maximum atomic E-state index is 13.1. The molecule has 2 aliphatic rings. The van der Waals surface area contributed by atoms with Gasteiger partial charge in [-0.05, 0) is 22.1 Å². The van der Waals surface area contributed by atoms with Crippen LogP contribution in [-0.2, 0) is 30.4 Å². The van der Waals surface area contributed by atoms with E-state index in [-0.39, 0.29) is 45.5 Å². The molecule has 0 unspecified atom stereocenters. The molecule has 3 aromatic rings. The topological polar surface area (TPSA) is 240 Å². The van der Waals surface area contributed by atoms with Crippen LogP contribution in [0.15, 0.2) is 32.9 Å². The van der Waals surface area contributed by atoms with Crippen molar-refractivity contribution in [2.24, 2.45) is 5.16 Å². The second-order valence-electron chi connectivity index (χ2n) is 8.50. The lowest BCUT2D eigenvalue weighted by molar-refractivity contribution is -0.150. The highest BCUT2D eigenvalue weighted by Crippen LogP contribution is 2.41. The molecule has 0 saturated carbocycles. The quantitative estimate of drug-likeness (QED) is 0.0805. The molecule has 0 spiro atoms. The number of carboxylic acid groups (broad SMARTS) is 2. The first-order chi connectivity index (χ1) is 20.1. The zero-order chi connectivity index (χ0) is 30.1. The predicted molar refractivity (Wildman–Crippen MR) is 145 cm³/mol. The van der Waals surface area contributed by atoms with E-state index in [9.17, 15) is 29.4 Å². The first-order valence-corrected chi connectivity index (χ1v) is 14.6. The monoisotopic (exact) mass is 636 g/mol. The standard InChI is InChI=1S/C21H20N10O8S3/c1-38-26-13(10-7-42-21(22)30(10)39-2)17(34)23-14-18(35)29-15(20(36)37)9(6-41-19(14)29)5-40-11-3-8(4-12(32)33)16-24-27-28-31(16)25-11/h3,7,14,19,22H,4-6H2,1-2H3,(H,23,34)(H,32,33)(H,36,37)/t14-,19+/m1/s1. The van der Waals surface area contributed by atoms with Gasteiger partial charge in [-0.25, -0.2) is 4.79 Å². The van der Waals surface area contributed by atoms with Crippen molar-refractivity contribution in [3.05, 3.63) is 38.8 Å². The zero-order valence-corrected chi connectivity index (χ0v) is 24.0. The molecule has 0 aliphatic carbocycles. The number of fused-ring (bicyclic) bond motifs is 2. The molecule has 5 rings (SSSR count). The second-order valence-corrected chi connectivity index (χ2v) is 11.5. The normalized spacial score (nSPS) is 18.5. The van der Waals surface area contributed by atoms with Crippen LogP contribution in [0.3, 0.4) is 0 Å². The average molecular weight is 637 g/mol. The molecular formula is C21H20N10O8S3. The molecule has 18 nitrogen and oxygen atoms in total. The molecule has 0 radical (unpaired) electrons. The molecule has 2 aliphatic heterocycles. The number of thiazole rings is 1. The third-order valence-corrected chi connectivity index (χ3v) is 9.07. The minimum atomic E-state index is -1.31. The summed E-state index contributed by atoms with van der Waals surface area (Å²) in [6.07, 6.45) is -0.338. The van der Waals surface area contributed by atoms with Gasteiger partial charge in [-0.1, -0.05) is 5.16 Å². The summed E-state index contributed by atoms with van der Waals surface area (Å²) in [4.78, 5) is 60.8. The molecule has 5 heterocycles. The number of rotatable bonds is 11. The highest BCUT2D eigenvalue weighted by atomic mass is 32.2. The number of β-lactam (4-membered cyclic amide) rings is 1. The van der Waals surface area contributed by atoms with Gasteiger partial charge in [0.1, 0.15) is 42.1 Å². The Labute approximate surface area is 246 Å². The fourth-order valence-electron chi connectivity index (χ4n) is 4.25. The summed E-state index contributed by atoms with van der Waals surface area (Å²) in [7, 11) is 2.55. The van der Waals surface area contributed by atoms with Gasteiger partial charge in [0, 0.05) is 22.4 Å². The van der Waals surface area contributed by atoms with E-state index >= 15 is 0 Å². The number of aliphatic carboxylic acids is 2. The van der Waals surface area contributed by atoms with E-state index in [4.69, 9.17) is 15.1 Å². The molecule has 0 bridgehead atoms. The molecule has 2 atom stereocenters. The Morgan fingerprint density at radius 2 is 2.10 bits per heavy atom.